The molecule has 0 unspecified atom stereocenters. The normalized spacial score (nSPS) is 11.3. The topological polar surface area (TPSA) is 84.6 Å². The average molecular weight is 334 g/mol. The third kappa shape index (κ3) is 2.63. The number of halogens is 1. The van der Waals surface area contributed by atoms with E-state index >= 15 is 0 Å². The number of hydrogen-bond acceptors (Lipinski definition) is 5. The number of aromatic nitrogens is 3. The Morgan fingerprint density at radius 3 is 2.91 bits per heavy atom. The molecular weight excluding hydrogens is 326 g/mol. The van der Waals surface area contributed by atoms with Gasteiger partial charge in [0.1, 0.15) is 9.90 Å². The van der Waals surface area contributed by atoms with Gasteiger partial charge >= 0.3 is 5.97 Å². The van der Waals surface area contributed by atoms with Crippen molar-refractivity contribution < 1.29 is 9.90 Å². The molecule has 0 saturated heterocycles. The summed E-state index contributed by atoms with van der Waals surface area (Å²) in [6, 6.07) is 3.63. The summed E-state index contributed by atoms with van der Waals surface area (Å²) in [5.74, 6) is -1.11. The van der Waals surface area contributed by atoms with E-state index < -0.39 is 11.5 Å². The highest BCUT2D eigenvalue weighted by atomic mass is 35.5. The van der Waals surface area contributed by atoms with Crippen molar-refractivity contribution in [3.8, 4) is 0 Å². The summed E-state index contributed by atoms with van der Waals surface area (Å²) in [6.07, 6.45) is 7.85. The van der Waals surface area contributed by atoms with Crippen molar-refractivity contribution in [1.29, 1.82) is 0 Å². The molecule has 0 radical (unpaired) electrons. The number of aromatic carboxylic acids is 1. The van der Waals surface area contributed by atoms with Gasteiger partial charge in [-0.1, -0.05) is 35.1 Å². The molecule has 3 aromatic rings. The lowest BCUT2D eigenvalue weighted by atomic mass is 10.2. The summed E-state index contributed by atoms with van der Waals surface area (Å²) in [5, 5.41) is 8.92. The lowest BCUT2D eigenvalue weighted by Gasteiger charge is -1.98. The van der Waals surface area contributed by atoms with Gasteiger partial charge in [0.25, 0.3) is 5.56 Å². The van der Waals surface area contributed by atoms with Crippen molar-refractivity contribution in [3.05, 3.63) is 62.2 Å². The molecule has 0 fully saturated rings. The van der Waals surface area contributed by atoms with E-state index in [1.807, 2.05) is 6.07 Å². The van der Waals surface area contributed by atoms with Gasteiger partial charge in [0.05, 0.1) is 5.69 Å². The van der Waals surface area contributed by atoms with Crippen LogP contribution in [0.25, 0.3) is 17.1 Å². The summed E-state index contributed by atoms with van der Waals surface area (Å²) in [7, 11) is 0. The third-order valence-electron chi connectivity index (χ3n) is 2.83. The number of hydrogen-bond donors (Lipinski definition) is 1. The van der Waals surface area contributed by atoms with Crippen molar-refractivity contribution in [2.75, 3.05) is 0 Å². The summed E-state index contributed by atoms with van der Waals surface area (Å²) in [5.41, 5.74) is 0.619. The molecule has 0 spiro atoms. The van der Waals surface area contributed by atoms with E-state index in [-0.39, 0.29) is 20.6 Å². The minimum Gasteiger partial charge on any atom is -0.477 e. The molecule has 1 N–H and O–H groups in total. The molecule has 0 bridgehead atoms. The summed E-state index contributed by atoms with van der Waals surface area (Å²) < 4.78 is 1.14. The average Bonchev–Trinajstić information content (AvgIpc) is 2.95. The molecule has 110 valence electrons. The minimum atomic E-state index is -1.11. The van der Waals surface area contributed by atoms with E-state index in [1.54, 1.807) is 30.6 Å². The Balaban J connectivity index is 2.10. The van der Waals surface area contributed by atoms with Gasteiger partial charge in [-0.05, 0) is 17.7 Å². The molecule has 0 atom stereocenters. The van der Waals surface area contributed by atoms with E-state index in [2.05, 4.69) is 9.97 Å². The Morgan fingerprint density at radius 2 is 2.23 bits per heavy atom. The van der Waals surface area contributed by atoms with Crippen molar-refractivity contribution in [2.45, 2.75) is 0 Å². The molecule has 0 amide bonds. The molecule has 0 aliphatic carbocycles. The number of pyridine rings is 1. The quantitative estimate of drug-likeness (QED) is 0.796. The van der Waals surface area contributed by atoms with Crippen LogP contribution in [0.4, 0.5) is 0 Å². The van der Waals surface area contributed by atoms with Gasteiger partial charge in [-0.2, -0.15) is 0 Å². The first-order chi connectivity index (χ1) is 10.6. The smallest absolute Gasteiger partial charge is 0.347 e. The SMILES string of the molecule is O=C(O)c1cn2c(=O)c(Cl)c(/C=C/c3cccnc3)nc2s1. The third-order valence-corrected chi connectivity index (χ3v) is 4.16. The lowest BCUT2D eigenvalue weighted by Crippen LogP contribution is -2.14. The number of fused-ring (bicyclic) bond motifs is 1. The first-order valence-corrected chi connectivity index (χ1v) is 7.29. The summed E-state index contributed by atoms with van der Waals surface area (Å²) in [4.78, 5) is 31.6. The number of rotatable bonds is 3. The maximum Gasteiger partial charge on any atom is 0.347 e. The largest absolute Gasteiger partial charge is 0.477 e. The Labute approximate surface area is 133 Å². The van der Waals surface area contributed by atoms with E-state index in [0.717, 1.165) is 21.3 Å². The van der Waals surface area contributed by atoms with E-state index in [9.17, 15) is 9.59 Å². The zero-order valence-electron chi connectivity index (χ0n) is 10.9. The van der Waals surface area contributed by atoms with E-state index in [1.165, 1.54) is 6.20 Å². The summed E-state index contributed by atoms with van der Waals surface area (Å²) in [6.45, 7) is 0. The second kappa shape index (κ2) is 5.70. The van der Waals surface area contributed by atoms with Crippen molar-refractivity contribution in [2.24, 2.45) is 0 Å². The fourth-order valence-corrected chi connectivity index (χ4v) is 2.81. The van der Waals surface area contributed by atoms with Gasteiger partial charge in [-0.3, -0.25) is 14.2 Å². The number of thiazole rings is 1. The van der Waals surface area contributed by atoms with Crippen LogP contribution >= 0.6 is 22.9 Å². The van der Waals surface area contributed by atoms with Crippen LogP contribution in [0.3, 0.4) is 0 Å². The highest BCUT2D eigenvalue weighted by Crippen LogP contribution is 2.19. The van der Waals surface area contributed by atoms with Crippen LogP contribution in [-0.2, 0) is 0 Å². The van der Waals surface area contributed by atoms with Gasteiger partial charge < -0.3 is 5.11 Å². The molecule has 0 aromatic carbocycles. The zero-order valence-corrected chi connectivity index (χ0v) is 12.5. The van der Waals surface area contributed by atoms with Crippen molar-refractivity contribution >= 4 is 46.0 Å². The van der Waals surface area contributed by atoms with Crippen LogP contribution < -0.4 is 5.56 Å². The Kier molecular flexibility index (Phi) is 3.74. The van der Waals surface area contributed by atoms with Gasteiger partial charge in [0, 0.05) is 18.6 Å². The first kappa shape index (κ1) is 14.4. The van der Waals surface area contributed by atoms with Gasteiger partial charge in [-0.25, -0.2) is 9.78 Å². The highest BCUT2D eigenvalue weighted by molar-refractivity contribution is 7.18. The molecule has 3 aromatic heterocycles. The van der Waals surface area contributed by atoms with Gasteiger partial charge in [0.2, 0.25) is 0 Å². The van der Waals surface area contributed by atoms with Crippen LogP contribution in [0.15, 0.2) is 35.5 Å². The maximum absolute atomic E-state index is 12.2. The molecule has 6 nitrogen and oxygen atoms in total. The molecule has 0 aliphatic rings. The predicted molar refractivity (Wildman–Crippen MR) is 84.5 cm³/mol. The van der Waals surface area contributed by atoms with Gasteiger partial charge in [0.15, 0.2) is 4.96 Å². The van der Waals surface area contributed by atoms with E-state index in [4.69, 9.17) is 16.7 Å². The molecule has 3 heterocycles. The summed E-state index contributed by atoms with van der Waals surface area (Å²) >= 11 is 6.93. The second-order valence-corrected chi connectivity index (χ2v) is 5.68. The number of carboxylic acids is 1. The Bertz CT molecular complexity index is 947. The van der Waals surface area contributed by atoms with Crippen molar-refractivity contribution in [3.63, 3.8) is 0 Å². The molecule has 0 saturated carbocycles. The van der Waals surface area contributed by atoms with E-state index in [0.29, 0.717) is 0 Å². The molecule has 0 aliphatic heterocycles. The fourth-order valence-electron chi connectivity index (χ4n) is 1.79. The highest BCUT2D eigenvalue weighted by Gasteiger charge is 2.14. The predicted octanol–water partition coefficient (Wildman–Crippen LogP) is 2.67. The standard InChI is InChI=1S/C14H8ClN3O3S/c15-11-9(4-3-8-2-1-5-16-6-8)17-14-18(12(11)19)7-10(22-14)13(20)21/h1-7H,(H,20,21)/b4-3+. The van der Waals surface area contributed by atoms with Gasteiger partial charge in [-0.15, -0.1) is 0 Å². The second-order valence-electron chi connectivity index (χ2n) is 4.29. The lowest BCUT2D eigenvalue weighted by molar-refractivity contribution is 0.0702. The molecule has 22 heavy (non-hydrogen) atoms. The Morgan fingerprint density at radius 1 is 1.41 bits per heavy atom. The number of carbonyl (C=O) groups is 1. The Hall–Kier alpha value is -2.51. The van der Waals surface area contributed by atoms with Crippen molar-refractivity contribution in [1.82, 2.24) is 14.4 Å². The fraction of sp³-hybridized carbons (Fsp3) is 0. The molecular formula is C14H8ClN3O3S. The zero-order chi connectivity index (χ0) is 15.7. The number of nitrogens with zero attached hydrogens (tertiary/aromatic N) is 3. The van der Waals surface area contributed by atoms with Crippen LogP contribution in [0, 0.1) is 0 Å². The molecule has 8 heteroatoms. The molecule has 3 rings (SSSR count). The first-order valence-electron chi connectivity index (χ1n) is 6.09. The minimum absolute atomic E-state index is 0.0223. The monoisotopic (exact) mass is 333 g/mol. The van der Waals surface area contributed by atoms with Crippen LogP contribution in [0.2, 0.25) is 5.02 Å². The maximum atomic E-state index is 12.2. The number of carboxylic acid groups (broad SMARTS) is 1. The van der Waals surface area contributed by atoms with Crippen LogP contribution in [0.1, 0.15) is 20.9 Å². The van der Waals surface area contributed by atoms with Crippen LogP contribution in [-0.4, -0.2) is 25.4 Å². The van der Waals surface area contributed by atoms with Crippen LogP contribution in [0.5, 0.6) is 0 Å².